The first kappa shape index (κ1) is 18.4. The van der Waals surface area contributed by atoms with E-state index in [1.54, 1.807) is 41.1 Å². The molecule has 0 radical (unpaired) electrons. The van der Waals surface area contributed by atoms with Crippen molar-refractivity contribution >= 4 is 22.4 Å². The van der Waals surface area contributed by atoms with Gasteiger partial charge < -0.3 is 10.8 Å². The van der Waals surface area contributed by atoms with Crippen LogP contribution in [0.4, 0.5) is 5.69 Å². The van der Waals surface area contributed by atoms with Crippen molar-refractivity contribution < 1.29 is 19.0 Å². The van der Waals surface area contributed by atoms with Crippen LogP contribution in [0.3, 0.4) is 0 Å². The summed E-state index contributed by atoms with van der Waals surface area (Å²) in [5.41, 5.74) is 10.2. The van der Waals surface area contributed by atoms with E-state index < -0.39 is 16.7 Å². The summed E-state index contributed by atoms with van der Waals surface area (Å²) in [4.78, 5) is 12.0. The summed E-state index contributed by atoms with van der Waals surface area (Å²) in [5, 5.41) is 14.3. The zero-order valence-electron chi connectivity index (χ0n) is 15.1. The van der Waals surface area contributed by atoms with Gasteiger partial charge in [0, 0.05) is 23.4 Å². The fraction of sp³-hybridized carbons (Fsp3) is 0.158. The van der Waals surface area contributed by atoms with Gasteiger partial charge in [0.2, 0.25) is 0 Å². The molecule has 28 heavy (non-hydrogen) atoms. The van der Waals surface area contributed by atoms with Crippen LogP contribution in [0.1, 0.15) is 21.6 Å². The highest BCUT2D eigenvalue weighted by atomic mass is 32.3. The Balaban J connectivity index is 1.95. The van der Waals surface area contributed by atoms with Crippen molar-refractivity contribution in [1.82, 2.24) is 9.78 Å². The molecule has 1 heterocycles. The van der Waals surface area contributed by atoms with Crippen LogP contribution in [0.25, 0.3) is 16.9 Å². The first-order valence-electron chi connectivity index (χ1n) is 8.58. The monoisotopic (exact) mass is 400 g/mol. The van der Waals surface area contributed by atoms with E-state index in [-0.39, 0.29) is 11.4 Å². The molecule has 1 aromatic heterocycles. The lowest BCUT2D eigenvalue weighted by atomic mass is 9.88. The Hall–Kier alpha value is -3.01. The third-order valence-electron chi connectivity index (χ3n) is 4.61. The number of aryl methyl sites for hydroxylation is 1. The highest BCUT2D eigenvalue weighted by Crippen LogP contribution is 2.41. The number of hydrogen-bond acceptors (Lipinski definition) is 6. The minimum atomic E-state index is -2.94. The van der Waals surface area contributed by atoms with Gasteiger partial charge in [-0.3, -0.25) is 18.6 Å². The van der Waals surface area contributed by atoms with E-state index in [1.807, 2.05) is 6.07 Å². The lowest BCUT2D eigenvalue weighted by Gasteiger charge is -2.29. The largest absolute Gasteiger partial charge is 0.508 e. The summed E-state index contributed by atoms with van der Waals surface area (Å²) in [7, 11) is -2.94. The smallest absolute Gasteiger partial charge is 0.269 e. The standard InChI is InChI=1S/C19H20N4O4S/c1-28(26,27)22-12-7-5-11-6-8-15-17(19(20)25)21-23(18(15)16(11)9-12)13-3-2-4-14(24)10-13/h2-5,7,9-10,22,24,26-27H,6,8H2,1H3,(H2,20,25). The average Bonchev–Trinajstić information content (AvgIpc) is 3.01. The third-order valence-corrected chi connectivity index (χ3v) is 5.23. The van der Waals surface area contributed by atoms with E-state index in [1.165, 1.54) is 6.26 Å². The summed E-state index contributed by atoms with van der Waals surface area (Å²) in [6, 6.07) is 12.1. The van der Waals surface area contributed by atoms with E-state index >= 15 is 0 Å². The number of rotatable bonds is 4. The minimum Gasteiger partial charge on any atom is -0.508 e. The van der Waals surface area contributed by atoms with Gasteiger partial charge in [0.15, 0.2) is 5.69 Å². The first-order chi connectivity index (χ1) is 13.2. The molecule has 6 N–H and O–H groups in total. The normalized spacial score (nSPS) is 13.5. The number of fused-ring (bicyclic) bond motifs is 3. The van der Waals surface area contributed by atoms with Gasteiger partial charge in [0.25, 0.3) is 5.91 Å². The molecule has 0 saturated carbocycles. The summed E-state index contributed by atoms with van der Waals surface area (Å²) in [6.07, 6.45) is 2.62. The Bertz CT molecular complexity index is 1090. The van der Waals surface area contributed by atoms with Crippen LogP contribution in [0.2, 0.25) is 0 Å². The number of primary amides is 1. The Kier molecular flexibility index (Phi) is 4.30. The molecule has 8 nitrogen and oxygen atoms in total. The molecule has 1 aliphatic carbocycles. The lowest BCUT2D eigenvalue weighted by Crippen LogP contribution is -2.15. The SMILES string of the molecule is CS(O)(O)Nc1ccc2c(c1)-c1c(c(C(N)=O)nn1-c1cccc(O)c1)CC2. The summed E-state index contributed by atoms with van der Waals surface area (Å²) < 4.78 is 23.8. The average molecular weight is 400 g/mol. The fourth-order valence-electron chi connectivity index (χ4n) is 3.53. The molecule has 0 fully saturated rings. The van der Waals surface area contributed by atoms with Crippen molar-refractivity contribution in [1.29, 1.82) is 0 Å². The molecule has 146 valence electrons. The van der Waals surface area contributed by atoms with Crippen LogP contribution >= 0.6 is 10.8 Å². The number of phenols is 1. The van der Waals surface area contributed by atoms with Gasteiger partial charge >= 0.3 is 0 Å². The van der Waals surface area contributed by atoms with Crippen LogP contribution in [0, 0.1) is 0 Å². The van der Waals surface area contributed by atoms with Crippen molar-refractivity contribution in [2.24, 2.45) is 5.73 Å². The number of aromatic nitrogens is 2. The Morgan fingerprint density at radius 2 is 2.00 bits per heavy atom. The van der Waals surface area contributed by atoms with Gasteiger partial charge in [0.1, 0.15) is 5.75 Å². The van der Waals surface area contributed by atoms with Gasteiger partial charge in [0.05, 0.1) is 17.1 Å². The van der Waals surface area contributed by atoms with E-state index in [4.69, 9.17) is 5.73 Å². The molecule has 0 aliphatic heterocycles. The highest BCUT2D eigenvalue weighted by Gasteiger charge is 2.28. The van der Waals surface area contributed by atoms with Crippen molar-refractivity contribution in [2.75, 3.05) is 11.0 Å². The molecule has 3 aromatic rings. The van der Waals surface area contributed by atoms with Crippen LogP contribution in [0.15, 0.2) is 42.5 Å². The lowest BCUT2D eigenvalue weighted by molar-refractivity contribution is 0.0994. The second-order valence-electron chi connectivity index (χ2n) is 6.78. The van der Waals surface area contributed by atoms with E-state index in [0.717, 1.165) is 16.7 Å². The molecule has 0 saturated heterocycles. The van der Waals surface area contributed by atoms with Gasteiger partial charge in [-0.2, -0.15) is 5.10 Å². The second kappa shape index (κ2) is 6.55. The van der Waals surface area contributed by atoms with Crippen LogP contribution in [0.5, 0.6) is 5.75 Å². The molecule has 0 spiro atoms. The number of amides is 1. The molecule has 1 amide bonds. The van der Waals surface area contributed by atoms with Crippen molar-refractivity contribution in [2.45, 2.75) is 12.8 Å². The topological polar surface area (TPSA) is 134 Å². The number of aromatic hydroxyl groups is 1. The molecule has 9 heteroatoms. The van der Waals surface area contributed by atoms with Crippen LogP contribution in [-0.2, 0) is 12.8 Å². The fourth-order valence-corrected chi connectivity index (χ4v) is 4.11. The number of nitrogens with two attached hydrogens (primary N) is 1. The van der Waals surface area contributed by atoms with E-state index in [9.17, 15) is 19.0 Å². The number of carbonyl (C=O) groups excluding carboxylic acids is 1. The molecule has 1 aliphatic rings. The summed E-state index contributed by atoms with van der Waals surface area (Å²) in [6.45, 7) is 0. The van der Waals surface area contributed by atoms with Gasteiger partial charge in [-0.15, -0.1) is 10.8 Å². The Labute approximate surface area is 163 Å². The van der Waals surface area contributed by atoms with Crippen molar-refractivity contribution in [3.05, 3.63) is 59.3 Å². The zero-order chi connectivity index (χ0) is 20.1. The summed E-state index contributed by atoms with van der Waals surface area (Å²) >= 11 is 0. The number of carbonyl (C=O) groups is 1. The van der Waals surface area contributed by atoms with Crippen LogP contribution < -0.4 is 10.5 Å². The van der Waals surface area contributed by atoms with Gasteiger partial charge in [-0.05, 0) is 42.7 Å². The first-order valence-corrected chi connectivity index (χ1v) is 10.5. The third kappa shape index (κ3) is 3.31. The molecule has 0 atom stereocenters. The molecule has 2 aromatic carbocycles. The minimum absolute atomic E-state index is 0.0775. The second-order valence-corrected chi connectivity index (χ2v) is 8.65. The summed E-state index contributed by atoms with van der Waals surface area (Å²) in [5.74, 6) is -0.538. The van der Waals surface area contributed by atoms with Crippen molar-refractivity contribution in [3.63, 3.8) is 0 Å². The predicted octanol–water partition coefficient (Wildman–Crippen LogP) is 3.15. The zero-order valence-corrected chi connectivity index (χ0v) is 15.9. The number of anilines is 1. The number of nitrogens with zero attached hydrogens (tertiary/aromatic N) is 2. The van der Waals surface area contributed by atoms with Gasteiger partial charge in [-0.1, -0.05) is 12.1 Å². The number of hydrogen-bond donors (Lipinski definition) is 5. The number of nitrogens with one attached hydrogen (secondary N) is 1. The molecule has 0 unspecified atom stereocenters. The number of phenolic OH excluding ortho intramolecular Hbond substituents is 1. The molecular weight excluding hydrogens is 380 g/mol. The Morgan fingerprint density at radius 1 is 1.21 bits per heavy atom. The Morgan fingerprint density at radius 3 is 2.68 bits per heavy atom. The van der Waals surface area contributed by atoms with Gasteiger partial charge in [-0.25, -0.2) is 4.68 Å². The molecule has 4 rings (SSSR count). The van der Waals surface area contributed by atoms with E-state index in [2.05, 4.69) is 9.82 Å². The predicted molar refractivity (Wildman–Crippen MR) is 109 cm³/mol. The van der Waals surface area contributed by atoms with Crippen LogP contribution in [-0.4, -0.2) is 36.2 Å². The highest BCUT2D eigenvalue weighted by molar-refractivity contribution is 8.24. The maximum atomic E-state index is 12.0. The molecular formula is C19H20N4O4S. The maximum absolute atomic E-state index is 12.0. The quantitative estimate of drug-likeness (QED) is 0.457. The van der Waals surface area contributed by atoms with Crippen molar-refractivity contribution in [3.8, 4) is 22.7 Å². The molecule has 0 bridgehead atoms. The van der Waals surface area contributed by atoms with E-state index in [0.29, 0.717) is 29.9 Å². The number of benzene rings is 2. The maximum Gasteiger partial charge on any atom is 0.269 e.